The second kappa shape index (κ2) is 11.4. The van der Waals surface area contributed by atoms with Gasteiger partial charge in [0.2, 0.25) is 5.91 Å². The van der Waals surface area contributed by atoms with Crippen LogP contribution in [0.2, 0.25) is 5.02 Å². The van der Waals surface area contributed by atoms with Crippen LogP contribution in [0.5, 0.6) is 0 Å². The third kappa shape index (κ3) is 5.44. The molecular formula is C28H25ClFN5O2S. The maximum atomic E-state index is 14.2. The molecule has 3 aromatic carbocycles. The average molecular weight is 550 g/mol. The van der Waals surface area contributed by atoms with E-state index in [1.807, 2.05) is 54.3 Å². The monoisotopic (exact) mass is 549 g/mol. The van der Waals surface area contributed by atoms with Gasteiger partial charge in [0, 0.05) is 17.9 Å². The summed E-state index contributed by atoms with van der Waals surface area (Å²) >= 11 is 7.33. The van der Waals surface area contributed by atoms with Crippen molar-refractivity contribution in [3.8, 4) is 5.69 Å². The first kappa shape index (κ1) is 25.9. The van der Waals surface area contributed by atoms with Crippen molar-refractivity contribution in [2.24, 2.45) is 0 Å². The van der Waals surface area contributed by atoms with E-state index < -0.39 is 11.7 Å². The van der Waals surface area contributed by atoms with Crippen LogP contribution in [0.15, 0.2) is 71.9 Å². The number of thioether (sulfide) groups is 1. The lowest BCUT2D eigenvalue weighted by Crippen LogP contribution is -2.36. The van der Waals surface area contributed by atoms with E-state index in [2.05, 4.69) is 21.6 Å². The van der Waals surface area contributed by atoms with Gasteiger partial charge in [-0.25, -0.2) is 4.39 Å². The van der Waals surface area contributed by atoms with Crippen molar-refractivity contribution < 1.29 is 14.0 Å². The van der Waals surface area contributed by atoms with Gasteiger partial charge in [0.1, 0.15) is 5.82 Å². The molecule has 7 nitrogen and oxygen atoms in total. The van der Waals surface area contributed by atoms with Gasteiger partial charge in [-0.1, -0.05) is 59.8 Å². The highest BCUT2D eigenvalue weighted by molar-refractivity contribution is 7.99. The van der Waals surface area contributed by atoms with Crippen molar-refractivity contribution in [2.45, 2.75) is 31.5 Å². The maximum Gasteiger partial charge on any atom is 0.256 e. The summed E-state index contributed by atoms with van der Waals surface area (Å²) in [4.78, 5) is 27.8. The molecule has 0 atom stereocenters. The van der Waals surface area contributed by atoms with Crippen LogP contribution in [0, 0.1) is 12.7 Å². The standard InChI is InChI=1S/C28H25ClFN5O2S/c1-18-7-4-10-20(15-18)35-24(16-31-27(37)26-21(29)11-5-12-22(26)30)32-33-28(35)38-17-25(36)34-14-6-9-19-8-2-3-13-23(19)34/h2-5,7-8,10-13,15H,6,9,14,16-17H2,1H3,(H,31,37). The summed E-state index contributed by atoms with van der Waals surface area (Å²) in [7, 11) is 0. The highest BCUT2D eigenvalue weighted by Gasteiger charge is 2.24. The molecular weight excluding hydrogens is 525 g/mol. The van der Waals surface area contributed by atoms with Gasteiger partial charge in [0.25, 0.3) is 5.91 Å². The van der Waals surface area contributed by atoms with E-state index in [9.17, 15) is 14.0 Å². The minimum absolute atomic E-state index is 0.00927. The van der Waals surface area contributed by atoms with Gasteiger partial charge in [-0.3, -0.25) is 14.2 Å². The second-order valence-corrected chi connectivity index (χ2v) is 10.3. The van der Waals surface area contributed by atoms with Gasteiger partial charge >= 0.3 is 0 Å². The minimum atomic E-state index is -0.704. The Morgan fingerprint density at radius 3 is 2.71 bits per heavy atom. The average Bonchev–Trinajstić information content (AvgIpc) is 3.33. The van der Waals surface area contributed by atoms with Crippen molar-refractivity contribution in [1.29, 1.82) is 0 Å². The highest BCUT2D eigenvalue weighted by atomic mass is 35.5. The van der Waals surface area contributed by atoms with Crippen molar-refractivity contribution in [2.75, 3.05) is 17.2 Å². The zero-order valence-electron chi connectivity index (χ0n) is 20.7. The minimum Gasteiger partial charge on any atom is -0.345 e. The number of hydrogen-bond donors (Lipinski definition) is 1. The van der Waals surface area contributed by atoms with E-state index in [1.54, 1.807) is 4.57 Å². The molecule has 0 radical (unpaired) electrons. The van der Waals surface area contributed by atoms with E-state index in [4.69, 9.17) is 11.6 Å². The maximum absolute atomic E-state index is 14.2. The number of aromatic nitrogens is 3. The Kier molecular flexibility index (Phi) is 7.76. The smallest absolute Gasteiger partial charge is 0.256 e. The van der Waals surface area contributed by atoms with Crippen LogP contribution < -0.4 is 10.2 Å². The summed E-state index contributed by atoms with van der Waals surface area (Å²) in [5.74, 6) is -0.751. The predicted octanol–water partition coefficient (Wildman–Crippen LogP) is 5.37. The summed E-state index contributed by atoms with van der Waals surface area (Å²) in [6, 6.07) is 19.8. The number of nitrogens with zero attached hydrogens (tertiary/aromatic N) is 4. The molecule has 2 heterocycles. The van der Waals surface area contributed by atoms with Crippen LogP contribution in [0.25, 0.3) is 5.69 Å². The zero-order valence-corrected chi connectivity index (χ0v) is 22.2. The highest BCUT2D eigenvalue weighted by Crippen LogP contribution is 2.29. The summed E-state index contributed by atoms with van der Waals surface area (Å²) in [6.07, 6.45) is 1.88. The molecule has 1 aromatic heterocycles. The third-order valence-corrected chi connectivity index (χ3v) is 7.52. The van der Waals surface area contributed by atoms with Crippen LogP contribution in [-0.2, 0) is 17.8 Å². The molecule has 0 saturated heterocycles. The van der Waals surface area contributed by atoms with Crippen molar-refractivity contribution in [3.63, 3.8) is 0 Å². The number of amides is 2. The first-order chi connectivity index (χ1) is 18.4. The molecule has 1 N–H and O–H groups in total. The molecule has 194 valence electrons. The number of rotatable bonds is 7. The molecule has 0 aliphatic carbocycles. The molecule has 0 unspecified atom stereocenters. The van der Waals surface area contributed by atoms with E-state index in [1.165, 1.54) is 35.5 Å². The zero-order chi connectivity index (χ0) is 26.6. The molecule has 4 aromatic rings. The normalized spacial score (nSPS) is 12.8. The van der Waals surface area contributed by atoms with E-state index in [-0.39, 0.29) is 28.8 Å². The van der Waals surface area contributed by atoms with Gasteiger partial charge in [-0.05, 0) is 61.2 Å². The molecule has 0 fully saturated rings. The Morgan fingerprint density at radius 1 is 1.08 bits per heavy atom. The lowest BCUT2D eigenvalue weighted by Gasteiger charge is -2.29. The summed E-state index contributed by atoms with van der Waals surface area (Å²) in [5, 5.41) is 11.8. The van der Waals surface area contributed by atoms with Crippen molar-refractivity contribution in [3.05, 3.63) is 100 Å². The van der Waals surface area contributed by atoms with Gasteiger partial charge < -0.3 is 10.2 Å². The first-order valence-electron chi connectivity index (χ1n) is 12.2. The largest absolute Gasteiger partial charge is 0.345 e. The summed E-state index contributed by atoms with van der Waals surface area (Å²) < 4.78 is 16.0. The predicted molar refractivity (Wildman–Crippen MR) is 147 cm³/mol. The number of aryl methyl sites for hydroxylation is 2. The molecule has 38 heavy (non-hydrogen) atoms. The van der Waals surface area contributed by atoms with Crippen molar-refractivity contribution in [1.82, 2.24) is 20.1 Å². The Morgan fingerprint density at radius 2 is 1.89 bits per heavy atom. The molecule has 5 rings (SSSR count). The number of carbonyl (C=O) groups excluding carboxylic acids is 2. The topological polar surface area (TPSA) is 80.1 Å². The van der Waals surface area contributed by atoms with E-state index in [0.29, 0.717) is 17.5 Å². The summed E-state index contributed by atoms with van der Waals surface area (Å²) in [6.45, 7) is 2.63. The third-order valence-electron chi connectivity index (χ3n) is 6.29. The second-order valence-electron chi connectivity index (χ2n) is 8.92. The van der Waals surface area contributed by atoms with Crippen LogP contribution in [-0.4, -0.2) is 38.9 Å². The lowest BCUT2D eigenvalue weighted by molar-refractivity contribution is -0.116. The van der Waals surface area contributed by atoms with Crippen LogP contribution in [0.4, 0.5) is 10.1 Å². The fourth-order valence-electron chi connectivity index (χ4n) is 4.49. The van der Waals surface area contributed by atoms with Crippen LogP contribution >= 0.6 is 23.4 Å². The lowest BCUT2D eigenvalue weighted by atomic mass is 10.0. The van der Waals surface area contributed by atoms with Gasteiger partial charge in [-0.15, -0.1) is 10.2 Å². The molecule has 10 heteroatoms. The van der Waals surface area contributed by atoms with Gasteiger partial charge in [0.05, 0.1) is 22.9 Å². The molecule has 0 saturated carbocycles. The van der Waals surface area contributed by atoms with Crippen molar-refractivity contribution >= 4 is 40.9 Å². The number of nitrogens with one attached hydrogen (secondary N) is 1. The number of halogens is 2. The molecule has 0 bridgehead atoms. The Bertz CT molecular complexity index is 1490. The number of anilines is 1. The molecule has 1 aliphatic rings. The van der Waals surface area contributed by atoms with Crippen LogP contribution in [0.1, 0.15) is 33.7 Å². The molecule has 1 aliphatic heterocycles. The van der Waals surface area contributed by atoms with E-state index in [0.717, 1.165) is 29.8 Å². The number of hydrogen-bond acceptors (Lipinski definition) is 5. The van der Waals surface area contributed by atoms with Gasteiger partial charge in [-0.2, -0.15) is 0 Å². The number of benzene rings is 3. The van der Waals surface area contributed by atoms with E-state index >= 15 is 0 Å². The quantitative estimate of drug-likeness (QED) is 0.314. The Balaban J connectivity index is 1.37. The van der Waals surface area contributed by atoms with Crippen LogP contribution in [0.3, 0.4) is 0 Å². The summed E-state index contributed by atoms with van der Waals surface area (Å²) in [5.41, 5.74) is 3.73. The number of fused-ring (bicyclic) bond motifs is 1. The Labute approximate surface area is 229 Å². The first-order valence-corrected chi connectivity index (χ1v) is 13.5. The molecule has 0 spiro atoms. The SMILES string of the molecule is Cc1cccc(-n2c(CNC(=O)c3c(F)cccc3Cl)nnc2SCC(=O)N2CCCc3ccccc32)c1. The Hall–Kier alpha value is -3.69. The molecule has 2 amide bonds. The number of carbonyl (C=O) groups is 2. The van der Waals surface area contributed by atoms with Gasteiger partial charge in [0.15, 0.2) is 11.0 Å². The fraction of sp³-hybridized carbons (Fsp3) is 0.214. The number of para-hydroxylation sites is 1. The fourth-order valence-corrected chi connectivity index (χ4v) is 5.59.